The van der Waals surface area contributed by atoms with Crippen molar-refractivity contribution in [2.75, 3.05) is 19.0 Å². The van der Waals surface area contributed by atoms with Gasteiger partial charge in [0.15, 0.2) is 0 Å². The van der Waals surface area contributed by atoms with Crippen LogP contribution in [0.3, 0.4) is 0 Å². The number of hydrogen-bond acceptors (Lipinski definition) is 3. The van der Waals surface area contributed by atoms with Crippen LogP contribution in [0.1, 0.15) is 36.8 Å². The zero-order chi connectivity index (χ0) is 13.1. The number of nitrogens with one attached hydrogen (secondary N) is 1. The van der Waals surface area contributed by atoms with Crippen LogP contribution in [0.2, 0.25) is 0 Å². The number of esters is 1. The molecule has 1 unspecified atom stereocenters. The van der Waals surface area contributed by atoms with Crippen LogP contribution < -0.4 is 5.32 Å². The third kappa shape index (κ3) is 2.53. The van der Waals surface area contributed by atoms with Crippen LogP contribution in [-0.4, -0.2) is 19.6 Å². The van der Waals surface area contributed by atoms with Crippen molar-refractivity contribution in [3.05, 3.63) is 27.7 Å². The van der Waals surface area contributed by atoms with Crippen LogP contribution in [0, 0.1) is 0 Å². The third-order valence-electron chi connectivity index (χ3n) is 3.45. The maximum absolute atomic E-state index is 11.6. The molecule has 4 heteroatoms. The molecule has 0 amide bonds. The molecule has 0 heterocycles. The van der Waals surface area contributed by atoms with Gasteiger partial charge in [-0.3, -0.25) is 4.79 Å². The van der Waals surface area contributed by atoms with E-state index in [1.54, 1.807) is 0 Å². The highest BCUT2D eigenvalue weighted by molar-refractivity contribution is 9.10. The normalized spacial score (nSPS) is 17.4. The van der Waals surface area contributed by atoms with Gasteiger partial charge in [-0.2, -0.15) is 0 Å². The molecule has 0 aromatic heterocycles. The Balaban J connectivity index is 2.19. The summed E-state index contributed by atoms with van der Waals surface area (Å²) in [5.74, 6) is 0.213. The summed E-state index contributed by atoms with van der Waals surface area (Å²) in [4.78, 5) is 11.6. The first-order valence-electron chi connectivity index (χ1n) is 6.32. The molecule has 0 saturated heterocycles. The van der Waals surface area contributed by atoms with E-state index in [0.29, 0.717) is 18.9 Å². The minimum absolute atomic E-state index is 0.0934. The van der Waals surface area contributed by atoms with E-state index in [-0.39, 0.29) is 5.97 Å². The predicted molar refractivity (Wildman–Crippen MR) is 76.0 cm³/mol. The van der Waals surface area contributed by atoms with Gasteiger partial charge in [0.05, 0.1) is 13.0 Å². The monoisotopic (exact) mass is 311 g/mol. The summed E-state index contributed by atoms with van der Waals surface area (Å²) in [5, 5.41) is 3.16. The van der Waals surface area contributed by atoms with E-state index in [1.165, 1.54) is 11.1 Å². The largest absolute Gasteiger partial charge is 0.466 e. The summed E-state index contributed by atoms with van der Waals surface area (Å²) in [5.41, 5.74) is 3.72. The number of carbonyl (C=O) groups is 1. The second kappa shape index (κ2) is 5.74. The Morgan fingerprint density at radius 1 is 1.56 bits per heavy atom. The molecule has 3 nitrogen and oxygen atoms in total. The first-order valence-corrected chi connectivity index (χ1v) is 7.11. The number of anilines is 1. The van der Waals surface area contributed by atoms with Crippen molar-refractivity contribution in [3.8, 4) is 0 Å². The molecule has 0 aliphatic heterocycles. The molecule has 0 spiro atoms. The SMILES string of the molecule is CCOC(=O)CC1CCc2c1ccc(NC)c2Br. The number of halogens is 1. The van der Waals surface area contributed by atoms with Crippen LogP contribution in [-0.2, 0) is 16.0 Å². The van der Waals surface area contributed by atoms with Gasteiger partial charge in [-0.05, 0) is 58.8 Å². The number of benzene rings is 1. The summed E-state index contributed by atoms with van der Waals surface area (Å²) in [7, 11) is 1.91. The summed E-state index contributed by atoms with van der Waals surface area (Å²) in [6, 6.07) is 4.19. The van der Waals surface area contributed by atoms with E-state index in [1.807, 2.05) is 14.0 Å². The lowest BCUT2D eigenvalue weighted by Crippen LogP contribution is -2.08. The predicted octanol–water partition coefficient (Wildman–Crippen LogP) is 3.47. The summed E-state index contributed by atoms with van der Waals surface area (Å²) in [6.07, 6.45) is 2.54. The van der Waals surface area contributed by atoms with Gasteiger partial charge in [-0.15, -0.1) is 0 Å². The fraction of sp³-hybridized carbons (Fsp3) is 0.500. The second-order valence-corrected chi connectivity index (χ2v) is 5.28. The highest BCUT2D eigenvalue weighted by Crippen LogP contribution is 2.42. The Labute approximate surface area is 116 Å². The van der Waals surface area contributed by atoms with Gasteiger partial charge in [0.25, 0.3) is 0 Å². The smallest absolute Gasteiger partial charge is 0.306 e. The molecule has 0 fully saturated rings. The standard InChI is InChI=1S/C14H18BrNO2/c1-3-18-13(17)8-9-4-5-11-10(9)6-7-12(16-2)14(11)15/h6-7,9,16H,3-5,8H2,1-2H3. The number of ether oxygens (including phenoxy) is 1. The highest BCUT2D eigenvalue weighted by Gasteiger charge is 2.27. The fourth-order valence-electron chi connectivity index (χ4n) is 2.57. The third-order valence-corrected chi connectivity index (χ3v) is 4.36. The van der Waals surface area contributed by atoms with E-state index in [0.717, 1.165) is 23.0 Å². The lowest BCUT2D eigenvalue weighted by Gasteiger charge is -2.13. The van der Waals surface area contributed by atoms with Crippen molar-refractivity contribution in [2.45, 2.75) is 32.1 Å². The number of carbonyl (C=O) groups excluding carboxylic acids is 1. The fourth-order valence-corrected chi connectivity index (χ4v) is 3.33. The van der Waals surface area contributed by atoms with Crippen LogP contribution in [0.25, 0.3) is 0 Å². The lowest BCUT2D eigenvalue weighted by atomic mass is 9.98. The first-order chi connectivity index (χ1) is 8.67. The van der Waals surface area contributed by atoms with Gasteiger partial charge in [0.2, 0.25) is 0 Å². The average molecular weight is 312 g/mol. The molecule has 1 atom stereocenters. The zero-order valence-corrected chi connectivity index (χ0v) is 12.3. The van der Waals surface area contributed by atoms with Crippen molar-refractivity contribution >= 4 is 27.6 Å². The molecule has 0 radical (unpaired) electrons. The van der Waals surface area contributed by atoms with Gasteiger partial charge in [0, 0.05) is 17.2 Å². The molecule has 0 bridgehead atoms. The molecular formula is C14H18BrNO2. The Kier molecular flexibility index (Phi) is 4.27. The second-order valence-electron chi connectivity index (χ2n) is 4.49. The molecular weight excluding hydrogens is 294 g/mol. The molecule has 2 rings (SSSR count). The molecule has 18 heavy (non-hydrogen) atoms. The maximum atomic E-state index is 11.6. The van der Waals surface area contributed by atoms with E-state index < -0.39 is 0 Å². The lowest BCUT2D eigenvalue weighted by molar-refractivity contribution is -0.143. The topological polar surface area (TPSA) is 38.3 Å². The summed E-state index contributed by atoms with van der Waals surface area (Å²) < 4.78 is 6.16. The van der Waals surface area contributed by atoms with Crippen molar-refractivity contribution in [1.82, 2.24) is 0 Å². The number of fused-ring (bicyclic) bond motifs is 1. The number of rotatable bonds is 4. The molecule has 1 N–H and O–H groups in total. The van der Waals surface area contributed by atoms with Gasteiger partial charge >= 0.3 is 5.97 Å². The summed E-state index contributed by atoms with van der Waals surface area (Å²) >= 11 is 3.64. The Bertz CT molecular complexity index is 459. The number of hydrogen-bond donors (Lipinski definition) is 1. The molecule has 0 saturated carbocycles. The van der Waals surface area contributed by atoms with E-state index in [9.17, 15) is 4.79 Å². The van der Waals surface area contributed by atoms with E-state index in [2.05, 4.69) is 33.4 Å². The maximum Gasteiger partial charge on any atom is 0.306 e. The Morgan fingerprint density at radius 3 is 3.00 bits per heavy atom. The van der Waals surface area contributed by atoms with Crippen molar-refractivity contribution < 1.29 is 9.53 Å². The zero-order valence-electron chi connectivity index (χ0n) is 10.8. The molecule has 1 aliphatic rings. The van der Waals surface area contributed by atoms with Gasteiger partial charge in [-0.25, -0.2) is 0 Å². The molecule has 1 aromatic carbocycles. The van der Waals surface area contributed by atoms with Gasteiger partial charge in [0.1, 0.15) is 0 Å². The van der Waals surface area contributed by atoms with E-state index in [4.69, 9.17) is 4.74 Å². The Morgan fingerprint density at radius 2 is 2.33 bits per heavy atom. The first kappa shape index (κ1) is 13.4. The average Bonchev–Trinajstić information content (AvgIpc) is 2.74. The molecule has 1 aromatic rings. The minimum atomic E-state index is -0.0934. The van der Waals surface area contributed by atoms with Crippen molar-refractivity contribution in [3.63, 3.8) is 0 Å². The van der Waals surface area contributed by atoms with E-state index >= 15 is 0 Å². The quantitative estimate of drug-likeness (QED) is 0.865. The van der Waals surface area contributed by atoms with Crippen LogP contribution in [0.5, 0.6) is 0 Å². The highest BCUT2D eigenvalue weighted by atomic mass is 79.9. The van der Waals surface area contributed by atoms with Crippen molar-refractivity contribution in [1.29, 1.82) is 0 Å². The van der Waals surface area contributed by atoms with Gasteiger partial charge in [-0.1, -0.05) is 6.07 Å². The Hall–Kier alpha value is -1.03. The molecule has 1 aliphatic carbocycles. The minimum Gasteiger partial charge on any atom is -0.466 e. The van der Waals surface area contributed by atoms with Crippen LogP contribution in [0.15, 0.2) is 16.6 Å². The van der Waals surface area contributed by atoms with Gasteiger partial charge < -0.3 is 10.1 Å². The molecule has 98 valence electrons. The van der Waals surface area contributed by atoms with Crippen LogP contribution >= 0.6 is 15.9 Å². The van der Waals surface area contributed by atoms with Crippen LogP contribution in [0.4, 0.5) is 5.69 Å². The summed E-state index contributed by atoms with van der Waals surface area (Å²) in [6.45, 7) is 2.30. The van der Waals surface area contributed by atoms with Crippen molar-refractivity contribution in [2.24, 2.45) is 0 Å².